The molecule has 0 bridgehead atoms. The Kier molecular flexibility index (Phi) is 4.15. The average Bonchev–Trinajstić information content (AvgIpc) is 2.31. The lowest BCUT2D eigenvalue weighted by Crippen LogP contribution is -2.14. The summed E-state index contributed by atoms with van der Waals surface area (Å²) in [7, 11) is -3.89. The molecule has 5 nitrogen and oxygen atoms in total. The van der Waals surface area contributed by atoms with Gasteiger partial charge in [-0.3, -0.25) is 4.72 Å². The molecule has 100 valence electrons. The Morgan fingerprint density at radius 1 is 0.947 bits per heavy atom. The van der Waals surface area contributed by atoms with Crippen molar-refractivity contribution < 1.29 is 8.42 Å². The fraction of sp³-hybridized carbons (Fsp3) is 0. The van der Waals surface area contributed by atoms with Gasteiger partial charge in [0.1, 0.15) is 0 Å². The first-order valence-electron chi connectivity index (χ1n) is 4.84. The van der Waals surface area contributed by atoms with Gasteiger partial charge in [0.05, 0.1) is 4.90 Å². The molecule has 0 aliphatic rings. The van der Waals surface area contributed by atoms with E-state index >= 15 is 0 Å². The minimum atomic E-state index is -3.89. The minimum Gasteiger partial charge on any atom is -0.261 e. The molecule has 2 aromatic rings. The van der Waals surface area contributed by atoms with Crippen molar-refractivity contribution in [2.75, 3.05) is 4.72 Å². The van der Waals surface area contributed by atoms with Gasteiger partial charge in [0.2, 0.25) is 0 Å². The van der Waals surface area contributed by atoms with Gasteiger partial charge >= 0.3 is 0 Å². The molecule has 0 saturated heterocycles. The van der Waals surface area contributed by atoms with Crippen molar-refractivity contribution in [3.8, 4) is 0 Å². The van der Waals surface area contributed by atoms with Crippen LogP contribution in [0.3, 0.4) is 0 Å². The Morgan fingerprint density at radius 3 is 2.11 bits per heavy atom. The maximum atomic E-state index is 12.1. The van der Waals surface area contributed by atoms with Crippen molar-refractivity contribution in [2.24, 2.45) is 0 Å². The lowest BCUT2D eigenvalue weighted by Gasteiger charge is -2.08. The molecule has 0 fully saturated rings. The predicted molar refractivity (Wildman–Crippen MR) is 74.3 cm³/mol. The Balaban J connectivity index is 2.41. The summed E-state index contributed by atoms with van der Waals surface area (Å²) < 4.78 is 26.4. The van der Waals surface area contributed by atoms with Crippen LogP contribution in [0.5, 0.6) is 0 Å². The van der Waals surface area contributed by atoms with E-state index in [0.717, 1.165) is 0 Å². The van der Waals surface area contributed by atoms with Crippen LogP contribution in [-0.4, -0.2) is 18.4 Å². The first kappa shape index (κ1) is 14.3. The van der Waals surface area contributed by atoms with Gasteiger partial charge in [-0.2, -0.15) is 0 Å². The van der Waals surface area contributed by atoms with E-state index in [1.165, 1.54) is 30.6 Å². The van der Waals surface area contributed by atoms with Crippen LogP contribution in [0, 0.1) is 0 Å². The fourth-order valence-corrected chi connectivity index (χ4v) is 3.21. The molecule has 9 heteroatoms. The average molecular weight is 339 g/mol. The van der Waals surface area contributed by atoms with Crippen LogP contribution >= 0.6 is 34.8 Å². The summed E-state index contributed by atoms with van der Waals surface area (Å²) in [6.45, 7) is 0. The van der Waals surface area contributed by atoms with E-state index in [1.807, 2.05) is 0 Å². The summed E-state index contributed by atoms with van der Waals surface area (Å²) >= 11 is 17.2. The maximum absolute atomic E-state index is 12.1. The predicted octanol–water partition coefficient (Wildman–Crippen LogP) is 3.24. The number of aromatic nitrogens is 2. The van der Waals surface area contributed by atoms with E-state index < -0.39 is 10.0 Å². The van der Waals surface area contributed by atoms with Gasteiger partial charge in [-0.15, -0.1) is 0 Å². The van der Waals surface area contributed by atoms with Crippen LogP contribution in [0.1, 0.15) is 0 Å². The molecule has 1 heterocycles. The SMILES string of the molecule is O=S(=O)(Nc1nccnc1Cl)c1cc(Cl)cc(Cl)c1. The van der Waals surface area contributed by atoms with Gasteiger partial charge in [0, 0.05) is 22.4 Å². The van der Waals surface area contributed by atoms with Gasteiger partial charge in [0.15, 0.2) is 11.0 Å². The molecule has 19 heavy (non-hydrogen) atoms. The Hall–Kier alpha value is -1.08. The van der Waals surface area contributed by atoms with Crippen molar-refractivity contribution in [3.05, 3.63) is 45.8 Å². The molecule has 0 radical (unpaired) electrons. The third-order valence-corrected chi connectivity index (χ3v) is 4.06. The zero-order valence-corrected chi connectivity index (χ0v) is 12.2. The Labute approximate surface area is 124 Å². The number of nitrogens with zero attached hydrogens (tertiary/aromatic N) is 2. The second-order valence-electron chi connectivity index (χ2n) is 3.41. The van der Waals surface area contributed by atoms with Gasteiger partial charge in [-0.1, -0.05) is 34.8 Å². The number of rotatable bonds is 3. The van der Waals surface area contributed by atoms with E-state index in [9.17, 15) is 8.42 Å². The Bertz CT molecular complexity index is 701. The molecule has 0 aliphatic heterocycles. The van der Waals surface area contributed by atoms with E-state index in [4.69, 9.17) is 34.8 Å². The lowest BCUT2D eigenvalue weighted by atomic mass is 10.4. The summed E-state index contributed by atoms with van der Waals surface area (Å²) in [5.74, 6) is -0.0692. The summed E-state index contributed by atoms with van der Waals surface area (Å²) in [4.78, 5) is 7.41. The van der Waals surface area contributed by atoms with E-state index in [0.29, 0.717) is 0 Å². The summed E-state index contributed by atoms with van der Waals surface area (Å²) in [5, 5.41) is 0.357. The lowest BCUT2D eigenvalue weighted by molar-refractivity contribution is 0.601. The highest BCUT2D eigenvalue weighted by Crippen LogP contribution is 2.25. The quantitative estimate of drug-likeness (QED) is 0.932. The molecule has 0 aliphatic carbocycles. The topological polar surface area (TPSA) is 72.0 Å². The third-order valence-electron chi connectivity index (χ3n) is 2.03. The first-order chi connectivity index (χ1) is 8.88. The number of nitrogens with one attached hydrogen (secondary N) is 1. The Morgan fingerprint density at radius 2 is 1.53 bits per heavy atom. The van der Waals surface area contributed by atoms with Crippen LogP contribution in [0.25, 0.3) is 0 Å². The van der Waals surface area contributed by atoms with E-state index in [2.05, 4.69) is 14.7 Å². The van der Waals surface area contributed by atoms with Gasteiger partial charge < -0.3 is 0 Å². The molecule has 0 atom stereocenters. The summed E-state index contributed by atoms with van der Waals surface area (Å²) in [6.07, 6.45) is 2.66. The van der Waals surface area contributed by atoms with Gasteiger partial charge in [0.25, 0.3) is 10.0 Å². The van der Waals surface area contributed by atoms with Crippen molar-refractivity contribution in [2.45, 2.75) is 4.90 Å². The van der Waals surface area contributed by atoms with Crippen LogP contribution in [0.4, 0.5) is 5.82 Å². The molecule has 0 unspecified atom stereocenters. The number of benzene rings is 1. The van der Waals surface area contributed by atoms with Gasteiger partial charge in [-0.05, 0) is 18.2 Å². The number of hydrogen-bond donors (Lipinski definition) is 1. The molecular formula is C10H6Cl3N3O2S. The maximum Gasteiger partial charge on any atom is 0.263 e. The number of anilines is 1. The molecule has 1 N–H and O–H groups in total. The van der Waals surface area contributed by atoms with Crippen molar-refractivity contribution in [1.29, 1.82) is 0 Å². The van der Waals surface area contributed by atoms with Crippen molar-refractivity contribution in [1.82, 2.24) is 9.97 Å². The number of sulfonamides is 1. The third kappa shape index (κ3) is 3.48. The van der Waals surface area contributed by atoms with E-state index in [1.54, 1.807) is 0 Å². The fourth-order valence-electron chi connectivity index (χ4n) is 1.26. The highest BCUT2D eigenvalue weighted by molar-refractivity contribution is 7.92. The zero-order chi connectivity index (χ0) is 14.0. The van der Waals surface area contributed by atoms with Crippen LogP contribution in [-0.2, 0) is 10.0 Å². The number of halogens is 3. The van der Waals surface area contributed by atoms with Gasteiger partial charge in [-0.25, -0.2) is 18.4 Å². The number of hydrogen-bond acceptors (Lipinski definition) is 4. The first-order valence-corrected chi connectivity index (χ1v) is 7.45. The van der Waals surface area contributed by atoms with Crippen LogP contribution in [0.2, 0.25) is 15.2 Å². The molecule has 1 aromatic carbocycles. The molecule has 0 spiro atoms. The molecule has 1 aromatic heterocycles. The zero-order valence-electron chi connectivity index (χ0n) is 9.14. The second-order valence-corrected chi connectivity index (χ2v) is 6.32. The summed E-state index contributed by atoms with van der Waals surface area (Å²) in [5.41, 5.74) is 0. The van der Waals surface area contributed by atoms with Crippen LogP contribution < -0.4 is 4.72 Å². The molecular weight excluding hydrogens is 333 g/mol. The molecule has 0 amide bonds. The van der Waals surface area contributed by atoms with Crippen molar-refractivity contribution >= 4 is 50.6 Å². The highest BCUT2D eigenvalue weighted by Gasteiger charge is 2.18. The molecule has 2 rings (SSSR count). The normalized spacial score (nSPS) is 11.3. The largest absolute Gasteiger partial charge is 0.263 e. The molecule has 0 saturated carbocycles. The standard InChI is InChI=1S/C10H6Cl3N3O2S/c11-6-3-7(12)5-8(4-6)19(17,18)16-10-9(13)14-1-2-15-10/h1-5H,(H,15,16). The highest BCUT2D eigenvalue weighted by atomic mass is 35.5. The monoisotopic (exact) mass is 337 g/mol. The smallest absolute Gasteiger partial charge is 0.261 e. The van der Waals surface area contributed by atoms with E-state index in [-0.39, 0.29) is 25.9 Å². The minimum absolute atomic E-state index is 0.0563. The van der Waals surface area contributed by atoms with Crippen molar-refractivity contribution in [3.63, 3.8) is 0 Å². The van der Waals surface area contributed by atoms with Crippen LogP contribution in [0.15, 0.2) is 35.5 Å². The summed E-state index contributed by atoms with van der Waals surface area (Å²) in [6, 6.07) is 3.96. The second kappa shape index (κ2) is 5.50.